The molecule has 164 valence electrons. The summed E-state index contributed by atoms with van der Waals surface area (Å²) in [5, 5.41) is 17.5. The Hall–Kier alpha value is -3.69. The van der Waals surface area contributed by atoms with Crippen molar-refractivity contribution in [3.63, 3.8) is 0 Å². The normalized spacial score (nSPS) is 16.5. The fourth-order valence-electron chi connectivity index (χ4n) is 3.15. The summed E-state index contributed by atoms with van der Waals surface area (Å²) in [5.74, 6) is 1.07. The van der Waals surface area contributed by atoms with Crippen molar-refractivity contribution in [2.24, 2.45) is 10.1 Å². The summed E-state index contributed by atoms with van der Waals surface area (Å²) in [6, 6.07) is 20.8. The number of carbonyl (C=O) groups excluding carboxylic acids is 1. The Kier molecular flexibility index (Phi) is 6.05. The highest BCUT2D eigenvalue weighted by atomic mass is 32.2. The second kappa shape index (κ2) is 9.43. The molecule has 0 saturated heterocycles. The van der Waals surface area contributed by atoms with Crippen LogP contribution >= 0.6 is 23.1 Å². The molecule has 1 N–H and O–H groups in total. The number of amides is 1. The first-order valence-electron chi connectivity index (χ1n) is 10.1. The smallest absolute Gasteiger partial charge is 0.283 e. The van der Waals surface area contributed by atoms with Crippen molar-refractivity contribution in [2.75, 3.05) is 13.2 Å². The van der Waals surface area contributed by atoms with Gasteiger partial charge >= 0.3 is 0 Å². The van der Waals surface area contributed by atoms with Crippen molar-refractivity contribution in [2.45, 2.75) is 0 Å². The molecule has 2 aromatic carbocycles. The van der Waals surface area contributed by atoms with Gasteiger partial charge in [0.2, 0.25) is 5.17 Å². The molecule has 0 atom stereocenters. The van der Waals surface area contributed by atoms with Gasteiger partial charge in [0, 0.05) is 0 Å². The number of hydrogen-bond acceptors (Lipinski definition) is 7. The molecule has 0 aliphatic carbocycles. The molecule has 3 aromatic rings. The number of rotatable bonds is 7. The summed E-state index contributed by atoms with van der Waals surface area (Å²) in [7, 11) is 0. The van der Waals surface area contributed by atoms with E-state index in [2.05, 4.69) is 10.1 Å². The van der Waals surface area contributed by atoms with Crippen LogP contribution in [0, 0.1) is 5.41 Å². The molecular weight excluding hydrogens is 456 g/mol. The maximum absolute atomic E-state index is 12.6. The van der Waals surface area contributed by atoms with Crippen LogP contribution in [0.25, 0.3) is 6.08 Å². The van der Waals surface area contributed by atoms with E-state index in [4.69, 9.17) is 14.9 Å². The number of thioether (sulfide) groups is 1. The lowest BCUT2D eigenvalue weighted by atomic mass is 10.1. The van der Waals surface area contributed by atoms with Gasteiger partial charge in [0.1, 0.15) is 29.8 Å². The van der Waals surface area contributed by atoms with Gasteiger partial charge in [0.05, 0.1) is 10.5 Å². The first kappa shape index (κ1) is 21.2. The highest BCUT2D eigenvalue weighted by Gasteiger charge is 2.36. The van der Waals surface area contributed by atoms with Crippen LogP contribution in [-0.4, -0.2) is 40.2 Å². The van der Waals surface area contributed by atoms with Crippen molar-refractivity contribution >= 4 is 51.1 Å². The van der Waals surface area contributed by atoms with Crippen LogP contribution in [0.3, 0.4) is 0 Å². The first-order valence-corrected chi connectivity index (χ1v) is 11.8. The minimum absolute atomic E-state index is 0.0162. The van der Waals surface area contributed by atoms with E-state index >= 15 is 0 Å². The van der Waals surface area contributed by atoms with Crippen LogP contribution in [0.5, 0.6) is 11.5 Å². The zero-order valence-electron chi connectivity index (χ0n) is 17.3. The minimum atomic E-state index is -0.445. The molecule has 1 amide bonds. The van der Waals surface area contributed by atoms with Gasteiger partial charge < -0.3 is 9.47 Å². The summed E-state index contributed by atoms with van der Waals surface area (Å²) >= 11 is 2.85. The summed E-state index contributed by atoms with van der Waals surface area (Å²) < 4.78 is 11.3. The summed E-state index contributed by atoms with van der Waals surface area (Å²) in [4.78, 5) is 17.7. The van der Waals surface area contributed by atoms with E-state index in [9.17, 15) is 4.79 Å². The fourth-order valence-corrected chi connectivity index (χ4v) is 4.84. The standard InChI is InChI=1S/C24H18N4O3S2/c25-21-19(22(29)26-24-28(21)27-23(33-24)20-7-4-14-32-20)15-16-8-10-18(11-9-16)31-13-12-30-17-5-2-1-3-6-17/h1-11,14-15,25H,12-13H2/b19-15-,25-21?. The van der Waals surface area contributed by atoms with Gasteiger partial charge in [-0.25, -0.2) is 0 Å². The molecule has 7 nitrogen and oxygen atoms in total. The predicted molar refractivity (Wildman–Crippen MR) is 132 cm³/mol. The Morgan fingerprint density at radius 2 is 1.67 bits per heavy atom. The summed E-state index contributed by atoms with van der Waals surface area (Å²) in [5.41, 5.74) is 0.962. The molecule has 2 aliphatic rings. The number of ether oxygens (including phenoxy) is 2. The van der Waals surface area contributed by atoms with Gasteiger partial charge in [0.25, 0.3) is 5.91 Å². The van der Waals surface area contributed by atoms with E-state index in [1.165, 1.54) is 16.8 Å². The van der Waals surface area contributed by atoms with Crippen LogP contribution in [0.1, 0.15) is 10.4 Å². The highest BCUT2D eigenvalue weighted by Crippen LogP contribution is 2.32. The molecule has 0 spiro atoms. The average Bonchev–Trinajstić information content (AvgIpc) is 3.51. The van der Waals surface area contributed by atoms with Gasteiger partial charge in [-0.3, -0.25) is 10.2 Å². The molecule has 0 fully saturated rings. The minimum Gasteiger partial charge on any atom is -0.490 e. The molecule has 9 heteroatoms. The number of thiophene rings is 1. The maximum atomic E-state index is 12.6. The SMILES string of the molecule is N=C1/C(=C/c2ccc(OCCOc3ccccc3)cc2)C(=O)N=C2SC(c3cccs3)=NN12. The molecule has 0 bridgehead atoms. The number of aliphatic imine (C=N–C) groups is 1. The Morgan fingerprint density at radius 1 is 0.939 bits per heavy atom. The Labute approximate surface area is 198 Å². The maximum Gasteiger partial charge on any atom is 0.283 e. The van der Waals surface area contributed by atoms with E-state index in [-0.39, 0.29) is 11.4 Å². The van der Waals surface area contributed by atoms with Crippen LogP contribution in [0.2, 0.25) is 0 Å². The monoisotopic (exact) mass is 474 g/mol. The number of fused-ring (bicyclic) bond motifs is 1. The van der Waals surface area contributed by atoms with E-state index in [0.717, 1.165) is 21.2 Å². The van der Waals surface area contributed by atoms with Crippen LogP contribution in [-0.2, 0) is 4.79 Å². The van der Waals surface area contributed by atoms with Crippen LogP contribution < -0.4 is 9.47 Å². The van der Waals surface area contributed by atoms with Gasteiger partial charge in [-0.15, -0.1) is 11.3 Å². The number of nitrogens with one attached hydrogen (secondary N) is 1. The first-order chi connectivity index (χ1) is 16.2. The lowest BCUT2D eigenvalue weighted by Gasteiger charge is -2.20. The van der Waals surface area contributed by atoms with E-state index in [1.54, 1.807) is 17.4 Å². The fraction of sp³-hybridized carbons (Fsp3) is 0.0833. The Balaban J connectivity index is 1.23. The molecular formula is C24H18N4O3S2. The third kappa shape index (κ3) is 4.74. The largest absolute Gasteiger partial charge is 0.490 e. The molecule has 1 aromatic heterocycles. The topological polar surface area (TPSA) is 87.3 Å². The van der Waals surface area contributed by atoms with E-state index in [0.29, 0.717) is 24.1 Å². The van der Waals surface area contributed by atoms with Gasteiger partial charge in [-0.2, -0.15) is 15.1 Å². The third-order valence-corrected chi connectivity index (χ3v) is 6.69. The number of hydrazone groups is 1. The van der Waals surface area contributed by atoms with Crippen molar-refractivity contribution < 1.29 is 14.3 Å². The van der Waals surface area contributed by atoms with E-state index < -0.39 is 5.91 Å². The second-order valence-corrected chi connectivity index (χ2v) is 8.89. The second-order valence-electron chi connectivity index (χ2n) is 6.98. The van der Waals surface area contributed by atoms with Crippen molar-refractivity contribution in [3.8, 4) is 11.5 Å². The number of nitrogens with zero attached hydrogens (tertiary/aromatic N) is 3. The number of carbonyl (C=O) groups is 1. The van der Waals surface area contributed by atoms with Crippen molar-refractivity contribution in [3.05, 3.63) is 88.1 Å². The van der Waals surface area contributed by atoms with E-state index in [1.807, 2.05) is 72.1 Å². The molecule has 0 radical (unpaired) electrons. The van der Waals surface area contributed by atoms with Crippen LogP contribution in [0.4, 0.5) is 0 Å². The molecule has 2 aliphatic heterocycles. The predicted octanol–water partition coefficient (Wildman–Crippen LogP) is 4.87. The summed E-state index contributed by atoms with van der Waals surface area (Å²) in [6.45, 7) is 0.844. The molecule has 0 saturated carbocycles. The summed E-state index contributed by atoms with van der Waals surface area (Å²) in [6.07, 6.45) is 1.65. The van der Waals surface area contributed by atoms with Gasteiger partial charge in [-0.1, -0.05) is 36.4 Å². The molecule has 33 heavy (non-hydrogen) atoms. The number of hydrogen-bond donors (Lipinski definition) is 1. The number of benzene rings is 2. The Morgan fingerprint density at radius 3 is 2.36 bits per heavy atom. The zero-order chi connectivity index (χ0) is 22.6. The molecule has 5 rings (SSSR count). The quantitative estimate of drug-likeness (QED) is 0.390. The van der Waals surface area contributed by atoms with Crippen molar-refractivity contribution in [1.82, 2.24) is 5.01 Å². The molecule has 3 heterocycles. The zero-order valence-corrected chi connectivity index (χ0v) is 18.9. The van der Waals surface area contributed by atoms with Gasteiger partial charge in [-0.05, 0) is 59.1 Å². The number of amidine groups is 2. The van der Waals surface area contributed by atoms with Crippen LogP contribution in [0.15, 0.2) is 87.8 Å². The lowest BCUT2D eigenvalue weighted by Crippen LogP contribution is -2.35. The Bertz CT molecular complexity index is 1270. The average molecular weight is 475 g/mol. The third-order valence-electron chi connectivity index (χ3n) is 4.74. The lowest BCUT2D eigenvalue weighted by molar-refractivity contribution is -0.114. The van der Waals surface area contributed by atoms with Crippen molar-refractivity contribution in [1.29, 1.82) is 5.41 Å². The number of para-hydroxylation sites is 1. The molecule has 0 unspecified atom stereocenters. The van der Waals surface area contributed by atoms with Gasteiger partial charge in [0.15, 0.2) is 5.84 Å². The highest BCUT2D eigenvalue weighted by molar-refractivity contribution is 8.27.